The summed E-state index contributed by atoms with van der Waals surface area (Å²) in [6.45, 7) is 4.03. The van der Waals surface area contributed by atoms with E-state index in [1.165, 1.54) is 0 Å². The van der Waals surface area contributed by atoms with E-state index in [9.17, 15) is 9.90 Å². The molecule has 4 N–H and O–H groups in total. The van der Waals surface area contributed by atoms with Gasteiger partial charge in [0.2, 0.25) is 0 Å². The van der Waals surface area contributed by atoms with Gasteiger partial charge < -0.3 is 20.9 Å². The predicted octanol–water partition coefficient (Wildman–Crippen LogP) is 2.94. The van der Waals surface area contributed by atoms with Crippen LogP contribution in [0.2, 0.25) is 0 Å². The molecule has 1 atom stereocenters. The third-order valence-electron chi connectivity index (χ3n) is 3.24. The molecule has 2 aromatic rings. The van der Waals surface area contributed by atoms with Crippen molar-refractivity contribution < 1.29 is 14.6 Å². The highest BCUT2D eigenvalue weighted by Crippen LogP contribution is 2.18. The van der Waals surface area contributed by atoms with Gasteiger partial charge in [0, 0.05) is 17.8 Å². The Labute approximate surface area is 148 Å². The van der Waals surface area contributed by atoms with E-state index in [2.05, 4.69) is 5.32 Å². The Bertz CT molecular complexity index is 660. The van der Waals surface area contributed by atoms with Crippen LogP contribution >= 0.6 is 12.4 Å². The number of nitrogens with two attached hydrogens (primary N) is 1. The molecule has 0 bridgehead atoms. The Morgan fingerprint density at radius 1 is 1.21 bits per heavy atom. The Morgan fingerprint density at radius 2 is 1.88 bits per heavy atom. The fourth-order valence-corrected chi connectivity index (χ4v) is 2.13. The van der Waals surface area contributed by atoms with Crippen LogP contribution in [0.3, 0.4) is 0 Å². The molecule has 1 unspecified atom stereocenters. The molecule has 0 heterocycles. The van der Waals surface area contributed by atoms with Crippen LogP contribution in [0.1, 0.15) is 35.9 Å². The Hall–Kier alpha value is -2.24. The second-order valence-electron chi connectivity index (χ2n) is 5.59. The molecule has 0 aliphatic carbocycles. The quantitative estimate of drug-likeness (QED) is 0.699. The van der Waals surface area contributed by atoms with Gasteiger partial charge in [0.15, 0.2) is 0 Å². The number of nitrogen functional groups attached to an aromatic ring is 1. The average molecular weight is 351 g/mol. The van der Waals surface area contributed by atoms with Crippen molar-refractivity contribution in [3.05, 3.63) is 59.7 Å². The number of nitrogens with one attached hydrogen (secondary N) is 1. The molecule has 24 heavy (non-hydrogen) atoms. The first-order valence-electron chi connectivity index (χ1n) is 7.54. The third kappa shape index (κ3) is 5.76. The van der Waals surface area contributed by atoms with E-state index in [4.69, 9.17) is 10.5 Å². The van der Waals surface area contributed by atoms with Gasteiger partial charge in [-0.2, -0.15) is 0 Å². The molecule has 2 aromatic carbocycles. The number of carbonyl (C=O) groups excluding carboxylic acids is 1. The summed E-state index contributed by atoms with van der Waals surface area (Å²) in [4.78, 5) is 12.0. The highest BCUT2D eigenvalue weighted by molar-refractivity contribution is 5.95. The van der Waals surface area contributed by atoms with E-state index in [-0.39, 0.29) is 31.0 Å². The van der Waals surface area contributed by atoms with Crippen molar-refractivity contribution >= 4 is 24.0 Å². The number of amides is 1. The molecule has 0 spiro atoms. The molecule has 0 saturated carbocycles. The number of halogens is 1. The summed E-state index contributed by atoms with van der Waals surface area (Å²) in [5.74, 6) is 0.482. The van der Waals surface area contributed by atoms with Gasteiger partial charge in [-0.1, -0.05) is 18.2 Å². The summed E-state index contributed by atoms with van der Waals surface area (Å²) < 4.78 is 5.55. The Morgan fingerprint density at radius 3 is 2.46 bits per heavy atom. The maximum atomic E-state index is 12.0. The first-order chi connectivity index (χ1) is 11.0. The molecule has 1 amide bonds. The molecule has 2 rings (SSSR count). The van der Waals surface area contributed by atoms with Crippen LogP contribution in [-0.2, 0) is 0 Å². The summed E-state index contributed by atoms with van der Waals surface area (Å²) in [5.41, 5.74) is 7.36. The molecule has 0 aromatic heterocycles. The minimum atomic E-state index is -0.784. The van der Waals surface area contributed by atoms with Gasteiger partial charge in [0.25, 0.3) is 5.91 Å². The van der Waals surface area contributed by atoms with Gasteiger partial charge in [-0.15, -0.1) is 12.4 Å². The fraction of sp³-hybridized carbons (Fsp3) is 0.278. The van der Waals surface area contributed by atoms with Gasteiger partial charge in [-0.05, 0) is 49.7 Å². The minimum absolute atomic E-state index is 0. The smallest absolute Gasteiger partial charge is 0.251 e. The van der Waals surface area contributed by atoms with Crippen LogP contribution in [0.5, 0.6) is 5.75 Å². The van der Waals surface area contributed by atoms with Crippen molar-refractivity contribution in [3.63, 3.8) is 0 Å². The number of aliphatic hydroxyl groups excluding tert-OH is 1. The van der Waals surface area contributed by atoms with Gasteiger partial charge in [-0.25, -0.2) is 0 Å². The maximum absolute atomic E-state index is 12.0. The third-order valence-corrected chi connectivity index (χ3v) is 3.24. The monoisotopic (exact) mass is 350 g/mol. The molecule has 0 radical (unpaired) electrons. The predicted molar refractivity (Wildman–Crippen MR) is 97.6 cm³/mol. The number of hydrogen-bond acceptors (Lipinski definition) is 4. The zero-order valence-corrected chi connectivity index (χ0v) is 14.5. The molecule has 0 aliphatic rings. The lowest BCUT2D eigenvalue weighted by atomic mass is 10.1. The second kappa shape index (κ2) is 9.15. The van der Waals surface area contributed by atoms with Crippen LogP contribution < -0.4 is 15.8 Å². The zero-order valence-electron chi connectivity index (χ0n) is 13.7. The van der Waals surface area contributed by atoms with Crippen LogP contribution in [0.25, 0.3) is 0 Å². The number of rotatable bonds is 6. The molecular formula is C18H23ClN2O3. The number of carbonyl (C=O) groups is 1. The van der Waals surface area contributed by atoms with Crippen molar-refractivity contribution in [2.75, 3.05) is 12.3 Å². The van der Waals surface area contributed by atoms with Crippen LogP contribution in [0.15, 0.2) is 48.5 Å². The molecule has 0 saturated heterocycles. The lowest BCUT2D eigenvalue weighted by Gasteiger charge is -2.14. The van der Waals surface area contributed by atoms with Gasteiger partial charge >= 0.3 is 0 Å². The first kappa shape index (κ1) is 19.8. The lowest BCUT2D eigenvalue weighted by Crippen LogP contribution is -2.28. The number of aliphatic hydroxyl groups is 1. The van der Waals surface area contributed by atoms with Crippen molar-refractivity contribution in [2.45, 2.75) is 26.1 Å². The zero-order chi connectivity index (χ0) is 16.8. The molecule has 5 nitrogen and oxygen atoms in total. The van der Waals surface area contributed by atoms with Crippen molar-refractivity contribution in [1.29, 1.82) is 0 Å². The molecule has 0 aliphatic heterocycles. The molecular weight excluding hydrogens is 328 g/mol. The fourth-order valence-electron chi connectivity index (χ4n) is 2.13. The maximum Gasteiger partial charge on any atom is 0.251 e. The van der Waals surface area contributed by atoms with Crippen LogP contribution in [-0.4, -0.2) is 23.7 Å². The summed E-state index contributed by atoms with van der Waals surface area (Å²) >= 11 is 0. The standard InChI is InChI=1S/C18H22N2O3.ClH/c1-12(2)23-16-8-6-13(7-9-16)17(21)11-20-18(22)14-4-3-5-15(19)10-14;/h3-10,12,17,21H,11,19H2,1-2H3,(H,20,22);1H. The highest BCUT2D eigenvalue weighted by Gasteiger charge is 2.11. The number of anilines is 1. The van der Waals surface area contributed by atoms with Crippen molar-refractivity contribution in [2.24, 2.45) is 0 Å². The molecule has 0 fully saturated rings. The molecule has 6 heteroatoms. The van der Waals surface area contributed by atoms with E-state index in [0.717, 1.165) is 5.75 Å². The number of hydrogen-bond donors (Lipinski definition) is 3. The summed E-state index contributed by atoms with van der Waals surface area (Å²) in [7, 11) is 0. The van der Waals surface area contributed by atoms with Gasteiger partial charge in [-0.3, -0.25) is 4.79 Å². The summed E-state index contributed by atoms with van der Waals surface area (Å²) in [5, 5.41) is 12.9. The van der Waals surface area contributed by atoms with E-state index in [0.29, 0.717) is 16.8 Å². The van der Waals surface area contributed by atoms with Crippen molar-refractivity contribution in [3.8, 4) is 5.75 Å². The number of ether oxygens (including phenoxy) is 1. The second-order valence-corrected chi connectivity index (χ2v) is 5.59. The Kier molecular flexibility index (Phi) is 7.55. The summed E-state index contributed by atoms with van der Waals surface area (Å²) in [6, 6.07) is 13.9. The number of benzene rings is 2. The van der Waals surface area contributed by atoms with E-state index in [1.54, 1.807) is 48.5 Å². The average Bonchev–Trinajstić information content (AvgIpc) is 2.52. The summed E-state index contributed by atoms with van der Waals surface area (Å²) in [6.07, 6.45) is -0.684. The Balaban J connectivity index is 0.00000288. The SMILES string of the molecule is CC(C)Oc1ccc(C(O)CNC(=O)c2cccc(N)c2)cc1.Cl. The first-order valence-corrected chi connectivity index (χ1v) is 7.54. The van der Waals surface area contributed by atoms with Gasteiger partial charge in [0.05, 0.1) is 12.2 Å². The van der Waals surface area contributed by atoms with Crippen LogP contribution in [0.4, 0.5) is 5.69 Å². The van der Waals surface area contributed by atoms with E-state index < -0.39 is 6.10 Å². The van der Waals surface area contributed by atoms with E-state index >= 15 is 0 Å². The molecule has 130 valence electrons. The van der Waals surface area contributed by atoms with E-state index in [1.807, 2.05) is 13.8 Å². The minimum Gasteiger partial charge on any atom is -0.491 e. The van der Waals surface area contributed by atoms with Crippen molar-refractivity contribution in [1.82, 2.24) is 5.32 Å². The van der Waals surface area contributed by atoms with Crippen LogP contribution in [0, 0.1) is 0 Å². The highest BCUT2D eigenvalue weighted by atomic mass is 35.5. The van der Waals surface area contributed by atoms with Gasteiger partial charge in [0.1, 0.15) is 5.75 Å². The lowest BCUT2D eigenvalue weighted by molar-refractivity contribution is 0.0916. The normalized spacial score (nSPS) is 11.5. The largest absolute Gasteiger partial charge is 0.491 e. The topological polar surface area (TPSA) is 84.6 Å².